The molecule has 1 aliphatic heterocycles. The van der Waals surface area contributed by atoms with Crippen molar-refractivity contribution >= 4 is 5.91 Å². The van der Waals surface area contributed by atoms with Crippen molar-refractivity contribution in [3.05, 3.63) is 35.9 Å². The van der Waals surface area contributed by atoms with Crippen molar-refractivity contribution < 1.29 is 9.53 Å². The molecule has 1 saturated heterocycles. The van der Waals surface area contributed by atoms with E-state index in [2.05, 4.69) is 24.3 Å². The molecule has 1 aromatic rings. The van der Waals surface area contributed by atoms with Crippen LogP contribution in [-0.2, 0) is 9.53 Å². The van der Waals surface area contributed by atoms with Crippen LogP contribution in [-0.4, -0.2) is 31.0 Å². The lowest BCUT2D eigenvalue weighted by atomic mass is 9.87. The zero-order chi connectivity index (χ0) is 13.7. The fraction of sp³-hybridized carbons (Fsp3) is 0.562. The van der Waals surface area contributed by atoms with Gasteiger partial charge in [0, 0.05) is 26.6 Å². The van der Waals surface area contributed by atoms with Crippen molar-refractivity contribution in [2.45, 2.75) is 32.3 Å². The smallest absolute Gasteiger partial charge is 0.222 e. The standard InChI is InChI=1S/C16H23NO2/c1-3-15(18)17-11-9-14(10-12-17)16(19-2)13-7-5-4-6-8-13/h4-8,14,16H,3,9-12H2,1-2H3. The normalized spacial score (nSPS) is 18.3. The summed E-state index contributed by atoms with van der Waals surface area (Å²) in [4.78, 5) is 13.7. The van der Waals surface area contributed by atoms with Gasteiger partial charge in [-0.15, -0.1) is 0 Å². The third-order valence-corrected chi connectivity index (χ3v) is 4.00. The molecule has 1 atom stereocenters. The Morgan fingerprint density at radius 3 is 2.47 bits per heavy atom. The highest BCUT2D eigenvalue weighted by Crippen LogP contribution is 2.33. The van der Waals surface area contributed by atoms with Gasteiger partial charge in [0.25, 0.3) is 0 Å². The molecule has 0 bridgehead atoms. The van der Waals surface area contributed by atoms with Crippen molar-refractivity contribution in [2.24, 2.45) is 5.92 Å². The van der Waals surface area contributed by atoms with Crippen LogP contribution in [0.3, 0.4) is 0 Å². The van der Waals surface area contributed by atoms with E-state index in [4.69, 9.17) is 4.74 Å². The number of likely N-dealkylation sites (tertiary alicyclic amines) is 1. The Balaban J connectivity index is 1.98. The van der Waals surface area contributed by atoms with Gasteiger partial charge in [0.15, 0.2) is 0 Å². The predicted molar refractivity (Wildman–Crippen MR) is 75.8 cm³/mol. The van der Waals surface area contributed by atoms with Gasteiger partial charge in [-0.3, -0.25) is 4.79 Å². The highest BCUT2D eigenvalue weighted by atomic mass is 16.5. The van der Waals surface area contributed by atoms with E-state index >= 15 is 0 Å². The van der Waals surface area contributed by atoms with Gasteiger partial charge < -0.3 is 9.64 Å². The van der Waals surface area contributed by atoms with Crippen LogP contribution in [0.25, 0.3) is 0 Å². The lowest BCUT2D eigenvalue weighted by Crippen LogP contribution is -2.39. The highest BCUT2D eigenvalue weighted by molar-refractivity contribution is 5.75. The Hall–Kier alpha value is -1.35. The van der Waals surface area contributed by atoms with E-state index in [0.717, 1.165) is 25.9 Å². The topological polar surface area (TPSA) is 29.5 Å². The summed E-state index contributed by atoms with van der Waals surface area (Å²) in [6, 6.07) is 10.4. The number of carbonyl (C=O) groups is 1. The summed E-state index contributed by atoms with van der Waals surface area (Å²) in [5.41, 5.74) is 1.24. The summed E-state index contributed by atoms with van der Waals surface area (Å²) in [6.07, 6.45) is 2.81. The van der Waals surface area contributed by atoms with E-state index in [1.807, 2.05) is 17.9 Å². The zero-order valence-electron chi connectivity index (χ0n) is 11.8. The third kappa shape index (κ3) is 3.35. The Morgan fingerprint density at radius 2 is 1.95 bits per heavy atom. The van der Waals surface area contributed by atoms with E-state index in [1.54, 1.807) is 7.11 Å². The number of hydrogen-bond donors (Lipinski definition) is 0. The molecule has 104 valence electrons. The third-order valence-electron chi connectivity index (χ3n) is 4.00. The van der Waals surface area contributed by atoms with Gasteiger partial charge in [-0.1, -0.05) is 37.3 Å². The number of benzene rings is 1. The Kier molecular flexibility index (Phi) is 4.97. The van der Waals surface area contributed by atoms with Crippen LogP contribution < -0.4 is 0 Å². The molecule has 1 aromatic carbocycles. The number of carbonyl (C=O) groups excluding carboxylic acids is 1. The van der Waals surface area contributed by atoms with E-state index in [1.165, 1.54) is 5.56 Å². The van der Waals surface area contributed by atoms with Crippen molar-refractivity contribution in [1.29, 1.82) is 0 Å². The van der Waals surface area contributed by atoms with Gasteiger partial charge in [0.1, 0.15) is 0 Å². The monoisotopic (exact) mass is 261 g/mol. The lowest BCUT2D eigenvalue weighted by molar-refractivity contribution is -0.133. The molecule has 1 aliphatic rings. The largest absolute Gasteiger partial charge is 0.376 e. The molecule has 0 spiro atoms. The van der Waals surface area contributed by atoms with Gasteiger partial charge in [-0.25, -0.2) is 0 Å². The second-order valence-electron chi connectivity index (χ2n) is 5.14. The van der Waals surface area contributed by atoms with Crippen LogP contribution in [0.5, 0.6) is 0 Å². The first-order chi connectivity index (χ1) is 9.26. The number of amides is 1. The minimum atomic E-state index is 0.153. The molecule has 3 heteroatoms. The van der Waals surface area contributed by atoms with Crippen LogP contribution >= 0.6 is 0 Å². The Morgan fingerprint density at radius 1 is 1.32 bits per heavy atom. The maximum absolute atomic E-state index is 11.7. The summed E-state index contributed by atoms with van der Waals surface area (Å²) in [5.74, 6) is 0.778. The summed E-state index contributed by atoms with van der Waals surface area (Å²) >= 11 is 0. The molecule has 1 amide bonds. The first-order valence-corrected chi connectivity index (χ1v) is 7.11. The minimum Gasteiger partial charge on any atom is -0.376 e. The van der Waals surface area contributed by atoms with Gasteiger partial charge in [-0.2, -0.15) is 0 Å². The number of methoxy groups -OCH3 is 1. The molecule has 1 heterocycles. The second-order valence-corrected chi connectivity index (χ2v) is 5.14. The SMILES string of the molecule is CCC(=O)N1CCC(C(OC)c2ccccc2)CC1. The molecule has 3 nitrogen and oxygen atoms in total. The van der Waals surface area contributed by atoms with E-state index in [9.17, 15) is 4.79 Å². The first-order valence-electron chi connectivity index (χ1n) is 7.11. The average Bonchev–Trinajstić information content (AvgIpc) is 2.49. The van der Waals surface area contributed by atoms with E-state index in [0.29, 0.717) is 12.3 Å². The maximum Gasteiger partial charge on any atom is 0.222 e. The molecule has 1 unspecified atom stereocenters. The summed E-state index contributed by atoms with van der Waals surface area (Å²) in [7, 11) is 1.78. The fourth-order valence-corrected chi connectivity index (χ4v) is 2.92. The molecule has 2 rings (SSSR count). The molecular weight excluding hydrogens is 238 g/mol. The van der Waals surface area contributed by atoms with Crippen molar-refractivity contribution in [3.63, 3.8) is 0 Å². The quantitative estimate of drug-likeness (QED) is 0.833. The van der Waals surface area contributed by atoms with Crippen LogP contribution in [0.2, 0.25) is 0 Å². The van der Waals surface area contributed by atoms with Crippen LogP contribution in [0, 0.1) is 5.92 Å². The molecule has 19 heavy (non-hydrogen) atoms. The molecular formula is C16H23NO2. The van der Waals surface area contributed by atoms with Gasteiger partial charge in [-0.05, 0) is 24.3 Å². The van der Waals surface area contributed by atoms with Crippen molar-refractivity contribution in [1.82, 2.24) is 4.90 Å². The van der Waals surface area contributed by atoms with Crippen LogP contribution in [0.15, 0.2) is 30.3 Å². The molecule has 0 N–H and O–H groups in total. The summed E-state index contributed by atoms with van der Waals surface area (Å²) in [6.45, 7) is 3.66. The summed E-state index contributed by atoms with van der Waals surface area (Å²) in [5, 5.41) is 0. The second kappa shape index (κ2) is 6.71. The Labute approximate surface area is 115 Å². The molecule has 1 fully saturated rings. The number of hydrogen-bond acceptors (Lipinski definition) is 2. The van der Waals surface area contributed by atoms with Gasteiger partial charge in [0.2, 0.25) is 5.91 Å². The Bertz CT molecular complexity index is 396. The van der Waals surface area contributed by atoms with Crippen LogP contribution in [0.4, 0.5) is 0 Å². The maximum atomic E-state index is 11.7. The molecule has 0 saturated carbocycles. The fourth-order valence-electron chi connectivity index (χ4n) is 2.92. The number of nitrogens with zero attached hydrogens (tertiary/aromatic N) is 1. The number of piperidine rings is 1. The highest BCUT2D eigenvalue weighted by Gasteiger charge is 2.28. The summed E-state index contributed by atoms with van der Waals surface area (Å²) < 4.78 is 5.69. The van der Waals surface area contributed by atoms with E-state index in [-0.39, 0.29) is 12.0 Å². The molecule has 0 aromatic heterocycles. The molecule has 0 radical (unpaired) electrons. The lowest BCUT2D eigenvalue weighted by Gasteiger charge is -2.35. The zero-order valence-corrected chi connectivity index (χ0v) is 11.8. The van der Waals surface area contributed by atoms with Gasteiger partial charge in [0.05, 0.1) is 6.10 Å². The van der Waals surface area contributed by atoms with Crippen LogP contribution in [0.1, 0.15) is 37.9 Å². The number of rotatable bonds is 4. The minimum absolute atomic E-state index is 0.153. The average molecular weight is 261 g/mol. The predicted octanol–water partition coefficient (Wildman–Crippen LogP) is 3.02. The van der Waals surface area contributed by atoms with Crippen molar-refractivity contribution in [2.75, 3.05) is 20.2 Å². The van der Waals surface area contributed by atoms with Crippen molar-refractivity contribution in [3.8, 4) is 0 Å². The van der Waals surface area contributed by atoms with E-state index < -0.39 is 0 Å². The number of ether oxygens (including phenoxy) is 1. The van der Waals surface area contributed by atoms with Gasteiger partial charge >= 0.3 is 0 Å². The first kappa shape index (κ1) is 14.1. The molecule has 0 aliphatic carbocycles.